The largest absolute Gasteiger partial charge is 0.444 e. The second-order valence-corrected chi connectivity index (χ2v) is 10.3. The first kappa shape index (κ1) is 24.9. The van der Waals surface area contributed by atoms with Crippen LogP contribution in [0.4, 0.5) is 26.8 Å². The summed E-state index contributed by atoms with van der Waals surface area (Å²) in [6.07, 6.45) is 2.93. The van der Waals surface area contributed by atoms with Gasteiger partial charge in [-0.25, -0.2) is 14.6 Å². The second kappa shape index (κ2) is 9.83. The first-order valence-electron chi connectivity index (χ1n) is 11.2. The molecular formula is C24H28Cl2N6O3. The van der Waals surface area contributed by atoms with Crippen molar-refractivity contribution in [3.63, 3.8) is 0 Å². The number of anilines is 3. The molecule has 4 rings (SSSR count). The van der Waals surface area contributed by atoms with E-state index >= 15 is 0 Å². The van der Waals surface area contributed by atoms with Gasteiger partial charge in [0.1, 0.15) is 11.4 Å². The van der Waals surface area contributed by atoms with Gasteiger partial charge in [0, 0.05) is 47.8 Å². The number of urea groups is 1. The van der Waals surface area contributed by atoms with Gasteiger partial charge < -0.3 is 30.2 Å². The summed E-state index contributed by atoms with van der Waals surface area (Å²) in [5.41, 5.74) is 1.37. The Morgan fingerprint density at radius 1 is 1.17 bits per heavy atom. The van der Waals surface area contributed by atoms with Gasteiger partial charge in [0.2, 0.25) is 0 Å². The lowest BCUT2D eigenvalue weighted by atomic mass is 10.2. The highest BCUT2D eigenvalue weighted by molar-refractivity contribution is 6.33. The summed E-state index contributed by atoms with van der Waals surface area (Å²) >= 11 is 12.6. The van der Waals surface area contributed by atoms with Crippen molar-refractivity contribution < 1.29 is 14.3 Å². The number of nitrogens with zero attached hydrogens (tertiary/aromatic N) is 3. The fourth-order valence-electron chi connectivity index (χ4n) is 3.95. The Kier molecular flexibility index (Phi) is 7.00. The number of nitrogens with one attached hydrogen (secondary N) is 3. The maximum Gasteiger partial charge on any atom is 0.410 e. The van der Waals surface area contributed by atoms with Gasteiger partial charge in [-0.3, -0.25) is 0 Å². The summed E-state index contributed by atoms with van der Waals surface area (Å²) in [5.74, 6) is 0.597. The molecule has 1 aliphatic rings. The first-order chi connectivity index (χ1) is 16.5. The second-order valence-electron chi connectivity index (χ2n) is 9.47. The van der Waals surface area contributed by atoms with Crippen LogP contribution in [-0.4, -0.2) is 58.3 Å². The molecule has 3 aromatic rings. The average Bonchev–Trinajstić information content (AvgIpc) is 3.14. The molecule has 1 aliphatic heterocycles. The Bertz CT molecular complexity index is 1260. The average molecular weight is 519 g/mol. The number of fused-ring (bicyclic) bond motifs is 1. The maximum absolute atomic E-state index is 12.5. The van der Waals surface area contributed by atoms with Crippen molar-refractivity contribution in [2.24, 2.45) is 0 Å². The van der Waals surface area contributed by atoms with E-state index < -0.39 is 11.6 Å². The van der Waals surface area contributed by atoms with Crippen LogP contribution in [0, 0.1) is 0 Å². The Morgan fingerprint density at radius 2 is 1.94 bits per heavy atom. The molecule has 0 unspecified atom stereocenters. The standard InChI is InChI=1S/C24H28Cl2N6O3/c1-14-13-31(7-8-32(14)23(34)35-24(2,3)4)21-18(26)10-16(11-28-21)29-22(33)30-20-12-27-19-6-5-15(25)9-17(19)20/h5-6,9-12,14,27H,7-8,13H2,1-4H3,(H2,29,30,33)/t14-/m0/s1. The molecule has 1 saturated heterocycles. The number of rotatable bonds is 3. The Hall–Kier alpha value is -3.17. The molecule has 1 atom stereocenters. The molecule has 0 saturated carbocycles. The zero-order chi connectivity index (χ0) is 25.3. The third-order valence-electron chi connectivity index (χ3n) is 5.53. The van der Waals surface area contributed by atoms with E-state index in [-0.39, 0.29) is 12.1 Å². The molecule has 3 amide bonds. The number of piperazine rings is 1. The molecule has 3 N–H and O–H groups in total. The van der Waals surface area contributed by atoms with E-state index in [9.17, 15) is 9.59 Å². The van der Waals surface area contributed by atoms with Crippen molar-refractivity contribution in [3.05, 3.63) is 46.7 Å². The summed E-state index contributed by atoms with van der Waals surface area (Å²) in [6.45, 7) is 9.12. The third kappa shape index (κ3) is 5.91. The number of ether oxygens (including phenoxy) is 1. The fraction of sp³-hybridized carbons (Fsp3) is 0.375. The summed E-state index contributed by atoms with van der Waals surface area (Å²) in [4.78, 5) is 36.3. The van der Waals surface area contributed by atoms with Gasteiger partial charge in [0.25, 0.3) is 0 Å². The highest BCUT2D eigenvalue weighted by atomic mass is 35.5. The number of benzene rings is 1. The number of carbonyl (C=O) groups excluding carboxylic acids is 2. The van der Waals surface area contributed by atoms with Crippen LogP contribution in [0.3, 0.4) is 0 Å². The van der Waals surface area contributed by atoms with Gasteiger partial charge in [-0.05, 0) is 52.0 Å². The zero-order valence-electron chi connectivity index (χ0n) is 20.0. The smallest absolute Gasteiger partial charge is 0.410 e. The molecule has 186 valence electrons. The summed E-state index contributed by atoms with van der Waals surface area (Å²) < 4.78 is 5.50. The highest BCUT2D eigenvalue weighted by Crippen LogP contribution is 2.29. The van der Waals surface area contributed by atoms with Crippen molar-refractivity contribution >= 4 is 63.4 Å². The number of aromatic nitrogens is 2. The molecule has 0 aliphatic carbocycles. The van der Waals surface area contributed by atoms with Crippen molar-refractivity contribution in [1.29, 1.82) is 0 Å². The molecule has 1 aromatic carbocycles. The minimum Gasteiger partial charge on any atom is -0.444 e. The third-order valence-corrected chi connectivity index (χ3v) is 6.04. The van der Waals surface area contributed by atoms with Gasteiger partial charge in [-0.15, -0.1) is 0 Å². The van der Waals surface area contributed by atoms with Crippen LogP contribution in [-0.2, 0) is 4.74 Å². The van der Waals surface area contributed by atoms with Crippen LogP contribution in [0.2, 0.25) is 10.0 Å². The van der Waals surface area contributed by atoms with Gasteiger partial charge >= 0.3 is 12.1 Å². The van der Waals surface area contributed by atoms with Gasteiger partial charge in [-0.1, -0.05) is 23.2 Å². The van der Waals surface area contributed by atoms with Gasteiger partial charge in [0.05, 0.1) is 22.6 Å². The zero-order valence-corrected chi connectivity index (χ0v) is 21.5. The summed E-state index contributed by atoms with van der Waals surface area (Å²) in [7, 11) is 0. The number of carbonyl (C=O) groups is 2. The summed E-state index contributed by atoms with van der Waals surface area (Å²) in [6, 6.07) is 6.54. The minimum absolute atomic E-state index is 0.0790. The number of aromatic amines is 1. The topological polar surface area (TPSA) is 103 Å². The number of hydrogen-bond donors (Lipinski definition) is 3. The quantitative estimate of drug-likeness (QED) is 0.396. The normalized spacial score (nSPS) is 16.3. The van der Waals surface area contributed by atoms with E-state index in [0.29, 0.717) is 46.9 Å². The van der Waals surface area contributed by atoms with Gasteiger partial charge in [0.15, 0.2) is 0 Å². The van der Waals surface area contributed by atoms with E-state index in [2.05, 4.69) is 20.6 Å². The molecule has 1 fully saturated rings. The number of H-pyrrole nitrogens is 1. The SMILES string of the molecule is C[C@H]1CN(c2ncc(NC(=O)Nc3c[nH]c4ccc(Cl)cc34)cc2Cl)CCN1C(=O)OC(C)(C)C. The number of amides is 3. The molecule has 11 heteroatoms. The van der Waals surface area contributed by atoms with Crippen LogP contribution in [0.25, 0.3) is 10.9 Å². The van der Waals surface area contributed by atoms with Gasteiger partial charge in [-0.2, -0.15) is 0 Å². The van der Waals surface area contributed by atoms with Crippen LogP contribution in [0.15, 0.2) is 36.7 Å². The highest BCUT2D eigenvalue weighted by Gasteiger charge is 2.32. The molecular weight excluding hydrogens is 491 g/mol. The molecule has 0 bridgehead atoms. The van der Waals surface area contributed by atoms with E-state index in [1.807, 2.05) is 38.7 Å². The Balaban J connectivity index is 1.38. The van der Waals surface area contributed by atoms with Crippen molar-refractivity contribution in [3.8, 4) is 0 Å². The predicted octanol–water partition coefficient (Wildman–Crippen LogP) is 5.96. The lowest BCUT2D eigenvalue weighted by Gasteiger charge is -2.40. The lowest BCUT2D eigenvalue weighted by Crippen LogP contribution is -2.55. The maximum atomic E-state index is 12.5. The number of pyridine rings is 1. The molecule has 3 heterocycles. The Morgan fingerprint density at radius 3 is 2.63 bits per heavy atom. The molecule has 35 heavy (non-hydrogen) atoms. The van der Waals surface area contributed by atoms with Crippen LogP contribution in [0.5, 0.6) is 0 Å². The van der Waals surface area contributed by atoms with E-state index in [1.54, 1.807) is 35.5 Å². The predicted molar refractivity (Wildman–Crippen MR) is 140 cm³/mol. The number of hydrogen-bond acceptors (Lipinski definition) is 5. The lowest BCUT2D eigenvalue weighted by molar-refractivity contribution is 0.0158. The van der Waals surface area contributed by atoms with Crippen LogP contribution >= 0.6 is 23.2 Å². The van der Waals surface area contributed by atoms with Crippen molar-refractivity contribution in [1.82, 2.24) is 14.9 Å². The summed E-state index contributed by atoms with van der Waals surface area (Å²) in [5, 5.41) is 7.34. The first-order valence-corrected chi connectivity index (χ1v) is 12.0. The van der Waals surface area contributed by atoms with E-state index in [0.717, 1.165) is 10.9 Å². The van der Waals surface area contributed by atoms with Crippen molar-refractivity contribution in [2.45, 2.75) is 39.3 Å². The minimum atomic E-state index is -0.546. The fourth-order valence-corrected chi connectivity index (χ4v) is 4.41. The van der Waals surface area contributed by atoms with Crippen LogP contribution in [0.1, 0.15) is 27.7 Å². The van der Waals surface area contributed by atoms with Crippen molar-refractivity contribution in [2.75, 3.05) is 35.2 Å². The number of halogens is 2. The molecule has 2 aromatic heterocycles. The Labute approximate surface area is 213 Å². The monoisotopic (exact) mass is 518 g/mol. The molecule has 0 radical (unpaired) electrons. The molecule has 9 nitrogen and oxygen atoms in total. The van der Waals surface area contributed by atoms with E-state index in [4.69, 9.17) is 27.9 Å². The van der Waals surface area contributed by atoms with E-state index in [1.165, 1.54) is 0 Å². The molecule has 0 spiro atoms. The van der Waals surface area contributed by atoms with Crippen LogP contribution < -0.4 is 15.5 Å².